The zero-order valence-corrected chi connectivity index (χ0v) is 9.60. The van der Waals surface area contributed by atoms with Gasteiger partial charge in [0.15, 0.2) is 0 Å². The van der Waals surface area contributed by atoms with E-state index in [0.717, 1.165) is 12.0 Å². The standard InChI is InChI=1S/C12H24N2/c1-3-10-7-11(10)14-9-12(2)5-4-6-13-8-12/h10-11,13-14H,3-9H2,1-2H3. The fraction of sp³-hybridized carbons (Fsp3) is 1.00. The van der Waals surface area contributed by atoms with Gasteiger partial charge in [0.1, 0.15) is 0 Å². The highest BCUT2D eigenvalue weighted by molar-refractivity contribution is 4.94. The molecule has 0 aromatic heterocycles. The van der Waals surface area contributed by atoms with Crippen molar-refractivity contribution in [3.8, 4) is 0 Å². The second-order valence-corrected chi connectivity index (χ2v) is 5.48. The van der Waals surface area contributed by atoms with Crippen LogP contribution in [0.1, 0.15) is 39.5 Å². The van der Waals surface area contributed by atoms with Gasteiger partial charge in [-0.15, -0.1) is 0 Å². The Hall–Kier alpha value is -0.0800. The summed E-state index contributed by atoms with van der Waals surface area (Å²) in [6.45, 7) is 8.34. The largest absolute Gasteiger partial charge is 0.316 e. The van der Waals surface area contributed by atoms with Gasteiger partial charge >= 0.3 is 0 Å². The molecule has 2 N–H and O–H groups in total. The highest BCUT2D eigenvalue weighted by Crippen LogP contribution is 2.34. The SMILES string of the molecule is CCC1CC1NCC1(C)CCCNC1. The normalized spacial score (nSPS) is 42.4. The molecule has 2 heteroatoms. The molecule has 0 aromatic rings. The maximum atomic E-state index is 3.73. The van der Waals surface area contributed by atoms with E-state index in [-0.39, 0.29) is 0 Å². The Morgan fingerprint density at radius 1 is 1.50 bits per heavy atom. The Morgan fingerprint density at radius 2 is 2.36 bits per heavy atom. The first kappa shape index (κ1) is 10.4. The van der Waals surface area contributed by atoms with E-state index in [1.54, 1.807) is 0 Å². The van der Waals surface area contributed by atoms with Crippen molar-refractivity contribution >= 4 is 0 Å². The molecule has 82 valence electrons. The summed E-state index contributed by atoms with van der Waals surface area (Å²) >= 11 is 0. The molecule has 14 heavy (non-hydrogen) atoms. The van der Waals surface area contributed by atoms with Crippen LogP contribution in [0.2, 0.25) is 0 Å². The van der Waals surface area contributed by atoms with E-state index < -0.39 is 0 Å². The maximum Gasteiger partial charge on any atom is 0.00992 e. The van der Waals surface area contributed by atoms with E-state index in [1.165, 1.54) is 45.3 Å². The third-order valence-corrected chi connectivity index (χ3v) is 3.92. The van der Waals surface area contributed by atoms with Gasteiger partial charge in [0.2, 0.25) is 0 Å². The lowest BCUT2D eigenvalue weighted by Gasteiger charge is -2.34. The maximum absolute atomic E-state index is 3.73. The molecule has 0 radical (unpaired) electrons. The Labute approximate surface area is 87.8 Å². The minimum Gasteiger partial charge on any atom is -0.316 e. The van der Waals surface area contributed by atoms with Crippen LogP contribution in [0.4, 0.5) is 0 Å². The lowest BCUT2D eigenvalue weighted by atomic mass is 9.83. The summed E-state index contributed by atoms with van der Waals surface area (Å²) in [5, 5.41) is 7.23. The number of hydrogen-bond donors (Lipinski definition) is 2. The van der Waals surface area contributed by atoms with E-state index in [4.69, 9.17) is 0 Å². The second kappa shape index (κ2) is 4.19. The molecule has 1 saturated heterocycles. The number of piperidine rings is 1. The van der Waals surface area contributed by atoms with Gasteiger partial charge in [-0.05, 0) is 37.1 Å². The second-order valence-electron chi connectivity index (χ2n) is 5.48. The lowest BCUT2D eigenvalue weighted by Crippen LogP contribution is -2.45. The molecule has 1 aliphatic carbocycles. The summed E-state index contributed by atoms with van der Waals surface area (Å²) < 4.78 is 0. The minimum atomic E-state index is 0.513. The van der Waals surface area contributed by atoms with E-state index in [9.17, 15) is 0 Å². The first-order valence-electron chi connectivity index (χ1n) is 6.18. The molecule has 2 fully saturated rings. The van der Waals surface area contributed by atoms with Gasteiger partial charge < -0.3 is 10.6 Å². The van der Waals surface area contributed by atoms with Crippen LogP contribution in [0, 0.1) is 11.3 Å². The van der Waals surface area contributed by atoms with Crippen LogP contribution in [0.3, 0.4) is 0 Å². The fourth-order valence-electron chi connectivity index (χ4n) is 2.60. The average molecular weight is 196 g/mol. The Kier molecular flexibility index (Phi) is 3.13. The number of rotatable bonds is 4. The summed E-state index contributed by atoms with van der Waals surface area (Å²) in [5.74, 6) is 0.982. The lowest BCUT2D eigenvalue weighted by molar-refractivity contribution is 0.225. The van der Waals surface area contributed by atoms with Crippen molar-refractivity contribution in [2.24, 2.45) is 11.3 Å². The summed E-state index contributed by atoms with van der Waals surface area (Å²) in [6.07, 6.45) is 5.50. The smallest absolute Gasteiger partial charge is 0.00992 e. The molecular formula is C12H24N2. The molecule has 2 aliphatic rings. The molecule has 0 bridgehead atoms. The molecule has 3 unspecified atom stereocenters. The van der Waals surface area contributed by atoms with Crippen molar-refractivity contribution in [2.75, 3.05) is 19.6 Å². The predicted octanol–water partition coefficient (Wildman–Crippen LogP) is 1.76. The highest BCUT2D eigenvalue weighted by atomic mass is 15.0. The first-order valence-corrected chi connectivity index (χ1v) is 6.18. The average Bonchev–Trinajstić information content (AvgIpc) is 2.95. The van der Waals surface area contributed by atoms with Crippen LogP contribution in [0.25, 0.3) is 0 Å². The van der Waals surface area contributed by atoms with Crippen molar-refractivity contribution in [1.82, 2.24) is 10.6 Å². The van der Waals surface area contributed by atoms with Crippen LogP contribution in [-0.2, 0) is 0 Å². The number of hydrogen-bond acceptors (Lipinski definition) is 2. The van der Waals surface area contributed by atoms with Gasteiger partial charge in [-0.3, -0.25) is 0 Å². The molecule has 2 nitrogen and oxygen atoms in total. The Bertz CT molecular complexity index is 185. The van der Waals surface area contributed by atoms with Crippen molar-refractivity contribution in [2.45, 2.75) is 45.6 Å². The summed E-state index contributed by atoms with van der Waals surface area (Å²) in [6, 6.07) is 0.846. The third kappa shape index (κ3) is 2.48. The molecule has 1 aliphatic heterocycles. The van der Waals surface area contributed by atoms with E-state index in [2.05, 4.69) is 24.5 Å². The summed E-state index contributed by atoms with van der Waals surface area (Å²) in [5.41, 5.74) is 0.513. The summed E-state index contributed by atoms with van der Waals surface area (Å²) in [4.78, 5) is 0. The van der Waals surface area contributed by atoms with Crippen LogP contribution < -0.4 is 10.6 Å². The fourth-order valence-corrected chi connectivity index (χ4v) is 2.60. The topological polar surface area (TPSA) is 24.1 Å². The van der Waals surface area contributed by atoms with Crippen molar-refractivity contribution < 1.29 is 0 Å². The molecule has 0 amide bonds. The van der Waals surface area contributed by atoms with E-state index in [0.29, 0.717) is 5.41 Å². The van der Waals surface area contributed by atoms with Gasteiger partial charge in [0.05, 0.1) is 0 Å². The van der Waals surface area contributed by atoms with E-state index >= 15 is 0 Å². The molecule has 1 saturated carbocycles. The highest BCUT2D eigenvalue weighted by Gasteiger charge is 2.36. The van der Waals surface area contributed by atoms with Crippen LogP contribution in [-0.4, -0.2) is 25.7 Å². The van der Waals surface area contributed by atoms with Crippen molar-refractivity contribution in [3.05, 3.63) is 0 Å². The van der Waals surface area contributed by atoms with Gasteiger partial charge in [-0.2, -0.15) is 0 Å². The Morgan fingerprint density at radius 3 is 2.93 bits per heavy atom. The predicted molar refractivity (Wildman–Crippen MR) is 60.4 cm³/mol. The molecule has 0 spiro atoms. The van der Waals surface area contributed by atoms with E-state index in [1.807, 2.05) is 0 Å². The van der Waals surface area contributed by atoms with Crippen molar-refractivity contribution in [1.29, 1.82) is 0 Å². The monoisotopic (exact) mass is 196 g/mol. The van der Waals surface area contributed by atoms with Crippen molar-refractivity contribution in [3.63, 3.8) is 0 Å². The van der Waals surface area contributed by atoms with Gasteiger partial charge in [-0.1, -0.05) is 20.3 Å². The van der Waals surface area contributed by atoms with Gasteiger partial charge in [-0.25, -0.2) is 0 Å². The van der Waals surface area contributed by atoms with Crippen LogP contribution >= 0.6 is 0 Å². The summed E-state index contributed by atoms with van der Waals surface area (Å²) in [7, 11) is 0. The van der Waals surface area contributed by atoms with Gasteiger partial charge in [0.25, 0.3) is 0 Å². The molecule has 0 aromatic carbocycles. The van der Waals surface area contributed by atoms with Crippen LogP contribution in [0.5, 0.6) is 0 Å². The molecule has 1 heterocycles. The first-order chi connectivity index (χ1) is 6.73. The minimum absolute atomic E-state index is 0.513. The molecule has 2 rings (SSSR count). The Balaban J connectivity index is 1.69. The zero-order valence-electron chi connectivity index (χ0n) is 9.60. The molecule has 3 atom stereocenters. The van der Waals surface area contributed by atoms with Gasteiger partial charge in [0, 0.05) is 19.1 Å². The zero-order chi connectivity index (χ0) is 10.0. The number of nitrogens with one attached hydrogen (secondary N) is 2. The third-order valence-electron chi connectivity index (χ3n) is 3.92. The quantitative estimate of drug-likeness (QED) is 0.716. The van der Waals surface area contributed by atoms with Crippen LogP contribution in [0.15, 0.2) is 0 Å². The molecular weight excluding hydrogens is 172 g/mol.